The highest BCUT2D eigenvalue weighted by Crippen LogP contribution is 2.26. The molecule has 3 amide bonds. The van der Waals surface area contributed by atoms with E-state index in [-0.39, 0.29) is 41.4 Å². The summed E-state index contributed by atoms with van der Waals surface area (Å²) in [6.07, 6.45) is 0. The van der Waals surface area contributed by atoms with Gasteiger partial charge in [-0.25, -0.2) is 13.1 Å². The van der Waals surface area contributed by atoms with E-state index in [9.17, 15) is 32.9 Å². The minimum absolute atomic E-state index is 0.00527. The first kappa shape index (κ1) is 24.0. The largest absolute Gasteiger partial charge is 0.383 e. The highest BCUT2D eigenvalue weighted by molar-refractivity contribution is 7.89. The van der Waals surface area contributed by atoms with Gasteiger partial charge in [0.25, 0.3) is 17.5 Å². The molecule has 0 saturated heterocycles. The number of amides is 3. The number of imide groups is 1. The monoisotopic (exact) mass is 476 g/mol. The molecular weight excluding hydrogens is 456 g/mol. The van der Waals surface area contributed by atoms with Crippen molar-refractivity contribution in [3.8, 4) is 0 Å². The molecule has 174 valence electrons. The number of carbonyl (C=O) groups excluding carboxylic acids is 3. The van der Waals surface area contributed by atoms with Gasteiger partial charge in [-0.15, -0.1) is 0 Å². The molecule has 0 spiro atoms. The van der Waals surface area contributed by atoms with Crippen LogP contribution in [0, 0.1) is 10.1 Å². The summed E-state index contributed by atoms with van der Waals surface area (Å²) >= 11 is 0. The van der Waals surface area contributed by atoms with Crippen molar-refractivity contribution < 1.29 is 32.5 Å². The number of sulfonamides is 1. The number of rotatable bonds is 10. The normalized spacial score (nSPS) is 13.2. The predicted molar refractivity (Wildman–Crippen MR) is 114 cm³/mol. The topological polar surface area (TPSA) is 165 Å². The average molecular weight is 476 g/mol. The summed E-state index contributed by atoms with van der Waals surface area (Å²) in [4.78, 5) is 48.1. The van der Waals surface area contributed by atoms with E-state index in [4.69, 9.17) is 4.74 Å². The van der Waals surface area contributed by atoms with E-state index in [0.29, 0.717) is 10.5 Å². The smallest absolute Gasteiger partial charge is 0.270 e. The lowest BCUT2D eigenvalue weighted by Gasteiger charge is -2.13. The number of benzene rings is 2. The van der Waals surface area contributed by atoms with Gasteiger partial charge in [0.05, 0.1) is 27.6 Å². The maximum Gasteiger partial charge on any atom is 0.270 e. The Morgan fingerprint density at radius 2 is 1.76 bits per heavy atom. The van der Waals surface area contributed by atoms with Gasteiger partial charge in [-0.3, -0.25) is 29.4 Å². The number of nitro groups is 1. The summed E-state index contributed by atoms with van der Waals surface area (Å²) in [5.41, 5.74) is 0.130. The maximum absolute atomic E-state index is 12.4. The number of methoxy groups -OCH3 is 1. The number of ether oxygens (including phenoxy) is 1. The summed E-state index contributed by atoms with van der Waals surface area (Å²) < 4.78 is 31.5. The lowest BCUT2D eigenvalue weighted by atomic mass is 10.1. The van der Waals surface area contributed by atoms with Crippen molar-refractivity contribution >= 4 is 33.4 Å². The Balaban J connectivity index is 1.58. The number of nitrogens with one attached hydrogen (secondary N) is 2. The van der Waals surface area contributed by atoms with Gasteiger partial charge in [-0.05, 0) is 23.8 Å². The highest BCUT2D eigenvalue weighted by Gasteiger charge is 2.37. The van der Waals surface area contributed by atoms with Crippen molar-refractivity contribution in [2.45, 2.75) is 11.4 Å². The van der Waals surface area contributed by atoms with Gasteiger partial charge in [0, 0.05) is 32.3 Å². The molecular formula is C20H20N4O8S. The van der Waals surface area contributed by atoms with Gasteiger partial charge >= 0.3 is 0 Å². The summed E-state index contributed by atoms with van der Waals surface area (Å²) in [6.45, 7) is -0.171. The maximum atomic E-state index is 12.4. The molecule has 0 radical (unpaired) electrons. The number of fused-ring (bicyclic) bond motifs is 1. The number of nitro benzene ring substituents is 1. The molecule has 2 aromatic carbocycles. The number of nitrogens with zero attached hydrogens (tertiary/aromatic N) is 2. The molecule has 0 saturated carbocycles. The van der Waals surface area contributed by atoms with Crippen LogP contribution in [0.1, 0.15) is 26.3 Å². The number of hydrogen-bond donors (Lipinski definition) is 2. The molecule has 0 bridgehead atoms. The molecule has 2 aromatic rings. The quantitative estimate of drug-likeness (QED) is 0.216. The van der Waals surface area contributed by atoms with E-state index >= 15 is 0 Å². The third-order valence-electron chi connectivity index (χ3n) is 4.79. The second-order valence-corrected chi connectivity index (χ2v) is 8.76. The van der Waals surface area contributed by atoms with Gasteiger partial charge < -0.3 is 10.1 Å². The lowest BCUT2D eigenvalue weighted by molar-refractivity contribution is -0.384. The van der Waals surface area contributed by atoms with Gasteiger partial charge in [-0.2, -0.15) is 0 Å². The molecule has 13 heteroatoms. The van der Waals surface area contributed by atoms with E-state index in [1.54, 1.807) is 0 Å². The van der Waals surface area contributed by atoms with Crippen molar-refractivity contribution in [2.24, 2.45) is 0 Å². The molecule has 0 aliphatic carbocycles. The zero-order valence-electron chi connectivity index (χ0n) is 17.4. The molecule has 1 aliphatic rings. The van der Waals surface area contributed by atoms with Crippen molar-refractivity contribution in [1.82, 2.24) is 14.9 Å². The highest BCUT2D eigenvalue weighted by atomic mass is 32.2. The standard InChI is InChI=1S/C20H20N4O8S/c1-32-9-8-22-33(30,31)15-5-2-13(3-6-15)11-21-18(25)12-23-19(26)16-7-4-14(24(28)29)10-17(16)20(23)27/h2-7,10,22H,8-9,11-12H2,1H3,(H,21,25). The fraction of sp³-hybridized carbons (Fsp3) is 0.250. The second-order valence-electron chi connectivity index (χ2n) is 6.99. The first-order valence-corrected chi connectivity index (χ1v) is 11.1. The molecule has 0 aromatic heterocycles. The van der Waals surface area contributed by atoms with Gasteiger partial charge in [0.15, 0.2) is 0 Å². The summed E-state index contributed by atoms with van der Waals surface area (Å²) in [6, 6.07) is 9.11. The molecule has 33 heavy (non-hydrogen) atoms. The number of hydrogen-bond acceptors (Lipinski definition) is 8. The Morgan fingerprint density at radius 3 is 2.39 bits per heavy atom. The first-order valence-electron chi connectivity index (χ1n) is 9.63. The van der Waals surface area contributed by atoms with Crippen molar-refractivity contribution in [3.05, 3.63) is 69.3 Å². The van der Waals surface area contributed by atoms with Crippen LogP contribution < -0.4 is 10.0 Å². The van der Waals surface area contributed by atoms with E-state index in [1.165, 1.54) is 37.4 Å². The molecule has 1 heterocycles. The Hall–Kier alpha value is -3.68. The molecule has 0 fully saturated rings. The SMILES string of the molecule is COCCNS(=O)(=O)c1ccc(CNC(=O)CN2C(=O)c3ccc([N+](=O)[O-])cc3C2=O)cc1. The van der Waals surface area contributed by atoms with Gasteiger partial charge in [-0.1, -0.05) is 12.1 Å². The Morgan fingerprint density at radius 1 is 1.09 bits per heavy atom. The van der Waals surface area contributed by atoms with Crippen LogP contribution in [0.2, 0.25) is 0 Å². The van der Waals surface area contributed by atoms with Gasteiger partial charge in [0.2, 0.25) is 15.9 Å². The predicted octanol–water partition coefficient (Wildman–Crippen LogP) is 0.432. The molecule has 3 rings (SSSR count). The van der Waals surface area contributed by atoms with E-state index in [2.05, 4.69) is 10.0 Å². The second kappa shape index (κ2) is 9.85. The Bertz CT molecular complexity index is 1210. The van der Waals surface area contributed by atoms with Crippen LogP contribution in [0.3, 0.4) is 0 Å². The third-order valence-corrected chi connectivity index (χ3v) is 6.27. The third kappa shape index (κ3) is 5.39. The minimum atomic E-state index is -3.68. The van der Waals surface area contributed by atoms with Gasteiger partial charge in [0.1, 0.15) is 6.54 Å². The zero-order valence-corrected chi connectivity index (χ0v) is 18.3. The molecule has 0 unspecified atom stereocenters. The fourth-order valence-corrected chi connectivity index (χ4v) is 4.10. The molecule has 1 aliphatic heterocycles. The number of non-ortho nitro benzene ring substituents is 1. The zero-order chi connectivity index (χ0) is 24.2. The minimum Gasteiger partial charge on any atom is -0.383 e. The fourth-order valence-electron chi connectivity index (χ4n) is 3.08. The first-order chi connectivity index (χ1) is 15.6. The Labute approximate surface area is 188 Å². The van der Waals surface area contributed by atoms with E-state index in [1.807, 2.05) is 0 Å². The van der Waals surface area contributed by atoms with Crippen LogP contribution in [0.25, 0.3) is 0 Å². The Kier molecular flexibility index (Phi) is 7.16. The van der Waals surface area contributed by atoms with Crippen LogP contribution in [-0.4, -0.2) is 62.8 Å². The summed E-state index contributed by atoms with van der Waals surface area (Å²) in [5.74, 6) is -2.13. The lowest BCUT2D eigenvalue weighted by Crippen LogP contribution is -2.40. The molecule has 2 N–H and O–H groups in total. The molecule has 0 atom stereocenters. The summed E-state index contributed by atoms with van der Waals surface area (Å²) in [7, 11) is -2.23. The summed E-state index contributed by atoms with van der Waals surface area (Å²) in [5, 5.41) is 13.4. The number of carbonyl (C=O) groups is 3. The van der Waals surface area contributed by atoms with Crippen LogP contribution in [0.4, 0.5) is 5.69 Å². The van der Waals surface area contributed by atoms with Crippen LogP contribution in [-0.2, 0) is 26.1 Å². The van der Waals surface area contributed by atoms with E-state index < -0.39 is 39.2 Å². The van der Waals surface area contributed by atoms with Crippen molar-refractivity contribution in [3.63, 3.8) is 0 Å². The van der Waals surface area contributed by atoms with Crippen molar-refractivity contribution in [2.75, 3.05) is 26.8 Å². The van der Waals surface area contributed by atoms with Crippen LogP contribution in [0.15, 0.2) is 47.4 Å². The molecule has 12 nitrogen and oxygen atoms in total. The van der Waals surface area contributed by atoms with E-state index in [0.717, 1.165) is 12.1 Å². The van der Waals surface area contributed by atoms with Crippen molar-refractivity contribution in [1.29, 1.82) is 0 Å². The van der Waals surface area contributed by atoms with Crippen LogP contribution in [0.5, 0.6) is 0 Å². The average Bonchev–Trinajstić information content (AvgIpc) is 3.02. The van der Waals surface area contributed by atoms with Crippen LogP contribution >= 0.6 is 0 Å².